The van der Waals surface area contributed by atoms with E-state index in [-0.39, 0.29) is 5.41 Å². The topological polar surface area (TPSA) is 12.9 Å². The number of benzene rings is 1. The molecule has 0 fully saturated rings. The van der Waals surface area contributed by atoms with Crippen LogP contribution in [0.3, 0.4) is 0 Å². The molecular formula is C16H19Cl2NS. The summed E-state index contributed by atoms with van der Waals surface area (Å²) < 4.78 is 0. The molecule has 0 saturated carbocycles. The molecule has 0 aliphatic heterocycles. The maximum absolute atomic E-state index is 6.30. The minimum absolute atomic E-state index is 0.244. The van der Waals surface area contributed by atoms with Gasteiger partial charge in [-0.3, -0.25) is 0 Å². The summed E-state index contributed by atoms with van der Waals surface area (Å²) >= 11 is 14.3. The van der Waals surface area contributed by atoms with Crippen molar-refractivity contribution in [1.82, 2.24) is 4.98 Å². The smallest absolute Gasteiger partial charge is 0.0940 e. The molecule has 0 spiro atoms. The first-order valence-corrected chi connectivity index (χ1v) is 8.51. The van der Waals surface area contributed by atoms with Crippen molar-refractivity contribution >= 4 is 34.5 Å². The van der Waals surface area contributed by atoms with Crippen LogP contribution in [0.15, 0.2) is 24.3 Å². The third kappa shape index (κ3) is 3.19. The van der Waals surface area contributed by atoms with E-state index in [4.69, 9.17) is 23.2 Å². The van der Waals surface area contributed by atoms with Crippen LogP contribution in [0.4, 0.5) is 0 Å². The zero-order valence-corrected chi connectivity index (χ0v) is 14.4. The zero-order chi connectivity index (χ0) is 14.8. The average molecular weight is 328 g/mol. The second kappa shape index (κ2) is 6.46. The first kappa shape index (κ1) is 15.8. The van der Waals surface area contributed by atoms with Crippen LogP contribution in [0.1, 0.15) is 26.7 Å². The Morgan fingerprint density at radius 2 is 1.85 bits per heavy atom. The molecule has 0 atom stereocenters. The normalized spacial score (nSPS) is 11.8. The van der Waals surface area contributed by atoms with Gasteiger partial charge in [0.25, 0.3) is 0 Å². The summed E-state index contributed by atoms with van der Waals surface area (Å²) in [6.45, 7) is 6.24. The van der Waals surface area contributed by atoms with Gasteiger partial charge in [0.15, 0.2) is 0 Å². The van der Waals surface area contributed by atoms with Gasteiger partial charge < -0.3 is 0 Å². The molecule has 2 aromatic rings. The van der Waals surface area contributed by atoms with E-state index in [9.17, 15) is 0 Å². The van der Waals surface area contributed by atoms with Crippen molar-refractivity contribution in [2.75, 3.05) is 11.8 Å². The van der Waals surface area contributed by atoms with Crippen LogP contribution < -0.4 is 0 Å². The summed E-state index contributed by atoms with van der Waals surface area (Å²) in [7, 11) is 0. The molecule has 2 rings (SSSR count). The van der Waals surface area contributed by atoms with Crippen molar-refractivity contribution in [3.8, 4) is 0 Å². The van der Waals surface area contributed by atoms with Crippen molar-refractivity contribution in [2.45, 2.75) is 32.6 Å². The van der Waals surface area contributed by atoms with E-state index < -0.39 is 0 Å². The van der Waals surface area contributed by atoms with Crippen molar-refractivity contribution < 1.29 is 0 Å². The van der Waals surface area contributed by atoms with Gasteiger partial charge in [-0.25, -0.2) is 4.98 Å². The molecule has 0 N–H and O–H groups in total. The number of nitrogens with zero attached hydrogens (tertiary/aromatic N) is 1. The van der Waals surface area contributed by atoms with Crippen LogP contribution in [0, 0.1) is 20.8 Å². The predicted molar refractivity (Wildman–Crippen MR) is 89.6 cm³/mol. The lowest BCUT2D eigenvalue weighted by molar-refractivity contribution is 0.534. The van der Waals surface area contributed by atoms with E-state index in [0.29, 0.717) is 11.8 Å². The first-order valence-electron chi connectivity index (χ1n) is 6.63. The molecule has 1 aromatic carbocycles. The van der Waals surface area contributed by atoms with Gasteiger partial charge in [0.2, 0.25) is 0 Å². The van der Waals surface area contributed by atoms with Crippen molar-refractivity contribution in [1.29, 1.82) is 0 Å². The molecule has 0 amide bonds. The van der Waals surface area contributed by atoms with E-state index in [1.807, 2.05) is 6.92 Å². The molecule has 1 aromatic heterocycles. The Morgan fingerprint density at radius 3 is 2.35 bits per heavy atom. The Morgan fingerprint density at radius 1 is 1.15 bits per heavy atom. The van der Waals surface area contributed by atoms with Gasteiger partial charge in [-0.15, -0.1) is 34.5 Å². The lowest BCUT2D eigenvalue weighted by Crippen LogP contribution is -2.33. The lowest BCUT2D eigenvalue weighted by Gasteiger charge is -2.29. The Bertz CT molecular complexity index is 568. The SMILES string of the molecule is Cc1cccc(C(CCl)(CCl)Cc2nc(C)c(C)s2)c1. The fraction of sp³-hybridized carbons (Fsp3) is 0.438. The summed E-state index contributed by atoms with van der Waals surface area (Å²) in [5.41, 5.74) is 3.29. The third-order valence-corrected chi connectivity index (χ3v) is 5.80. The fourth-order valence-corrected chi connectivity index (χ4v) is 4.13. The molecule has 1 heterocycles. The minimum atomic E-state index is -0.244. The number of hydrogen-bond donors (Lipinski definition) is 0. The summed E-state index contributed by atoms with van der Waals surface area (Å²) in [4.78, 5) is 5.91. The van der Waals surface area contributed by atoms with Crippen LogP contribution in [0.2, 0.25) is 0 Å². The molecule has 0 aliphatic rings. The van der Waals surface area contributed by atoms with Gasteiger partial charge >= 0.3 is 0 Å². The summed E-state index contributed by atoms with van der Waals surface area (Å²) in [6, 6.07) is 8.45. The van der Waals surface area contributed by atoms with E-state index in [0.717, 1.165) is 17.1 Å². The van der Waals surface area contributed by atoms with E-state index in [1.54, 1.807) is 11.3 Å². The Balaban J connectivity index is 2.39. The highest BCUT2D eigenvalue weighted by atomic mass is 35.5. The fourth-order valence-electron chi connectivity index (χ4n) is 2.27. The van der Waals surface area contributed by atoms with Crippen molar-refractivity contribution in [3.63, 3.8) is 0 Å². The van der Waals surface area contributed by atoms with E-state index >= 15 is 0 Å². The van der Waals surface area contributed by atoms with E-state index in [2.05, 4.69) is 43.1 Å². The van der Waals surface area contributed by atoms with Crippen LogP contribution in [-0.2, 0) is 11.8 Å². The van der Waals surface area contributed by atoms with Gasteiger partial charge in [-0.05, 0) is 26.3 Å². The second-order valence-corrected chi connectivity index (χ2v) is 7.17. The Labute approximate surface area is 135 Å². The monoisotopic (exact) mass is 327 g/mol. The van der Waals surface area contributed by atoms with Crippen molar-refractivity contribution in [3.05, 3.63) is 51.0 Å². The second-order valence-electron chi connectivity index (χ2n) is 5.34. The summed E-state index contributed by atoms with van der Waals surface area (Å²) in [5, 5.41) is 1.11. The lowest BCUT2D eigenvalue weighted by atomic mass is 9.80. The van der Waals surface area contributed by atoms with Crippen LogP contribution >= 0.6 is 34.5 Å². The highest BCUT2D eigenvalue weighted by molar-refractivity contribution is 7.11. The quantitative estimate of drug-likeness (QED) is 0.702. The number of hydrogen-bond acceptors (Lipinski definition) is 2. The number of aromatic nitrogens is 1. The maximum Gasteiger partial charge on any atom is 0.0940 e. The molecule has 0 radical (unpaired) electrons. The maximum atomic E-state index is 6.30. The van der Waals surface area contributed by atoms with Crippen LogP contribution in [0.25, 0.3) is 0 Å². The Hall–Kier alpha value is -0.570. The molecular weight excluding hydrogens is 309 g/mol. The minimum Gasteiger partial charge on any atom is -0.246 e. The van der Waals surface area contributed by atoms with E-state index in [1.165, 1.54) is 16.0 Å². The number of rotatable bonds is 5. The third-order valence-electron chi connectivity index (χ3n) is 3.70. The average Bonchev–Trinajstić information content (AvgIpc) is 2.75. The number of aryl methyl sites for hydroxylation is 3. The molecule has 4 heteroatoms. The molecule has 0 unspecified atom stereocenters. The van der Waals surface area contributed by atoms with Crippen molar-refractivity contribution in [2.24, 2.45) is 0 Å². The molecule has 0 saturated heterocycles. The number of thiazole rings is 1. The standard InChI is InChI=1S/C16H19Cl2NS/c1-11-5-4-6-14(7-11)16(9-17,10-18)8-15-19-12(2)13(3)20-15/h4-7H,8-10H2,1-3H3. The zero-order valence-electron chi connectivity index (χ0n) is 12.0. The molecule has 20 heavy (non-hydrogen) atoms. The van der Waals surface area contributed by atoms with Gasteiger partial charge in [-0.2, -0.15) is 0 Å². The summed E-state index contributed by atoms with van der Waals surface area (Å²) in [6.07, 6.45) is 0.794. The van der Waals surface area contributed by atoms with Gasteiger partial charge in [-0.1, -0.05) is 29.8 Å². The molecule has 1 nitrogen and oxygen atoms in total. The first-order chi connectivity index (χ1) is 9.50. The molecule has 108 valence electrons. The van der Waals surface area contributed by atoms with Gasteiger partial charge in [0.1, 0.15) is 0 Å². The highest BCUT2D eigenvalue weighted by Crippen LogP contribution is 2.33. The van der Waals surface area contributed by atoms with Crippen LogP contribution in [-0.4, -0.2) is 16.7 Å². The number of halogens is 2. The van der Waals surface area contributed by atoms with Gasteiger partial charge in [0, 0.05) is 28.5 Å². The molecule has 0 aliphatic carbocycles. The van der Waals surface area contributed by atoms with Crippen LogP contribution in [0.5, 0.6) is 0 Å². The largest absolute Gasteiger partial charge is 0.246 e. The number of alkyl halides is 2. The van der Waals surface area contributed by atoms with Gasteiger partial charge in [0.05, 0.1) is 10.7 Å². The summed E-state index contributed by atoms with van der Waals surface area (Å²) in [5.74, 6) is 0.995. The predicted octanol–water partition coefficient (Wildman–Crippen LogP) is 5.03. The highest BCUT2D eigenvalue weighted by Gasteiger charge is 2.32. The molecule has 0 bridgehead atoms. The Kier molecular flexibility index (Phi) is 5.11.